The SMILES string of the molecule is O=C(O)C1[C@H]2CN(Cc3ccncc3Cl)C[C@@H]12. The van der Waals surface area contributed by atoms with Crippen LogP contribution in [-0.2, 0) is 11.3 Å². The van der Waals surface area contributed by atoms with Crippen LogP contribution in [0.4, 0.5) is 0 Å². The van der Waals surface area contributed by atoms with Gasteiger partial charge in [-0.05, 0) is 23.5 Å². The third-order valence-corrected chi connectivity index (χ3v) is 4.15. The van der Waals surface area contributed by atoms with Gasteiger partial charge in [-0.3, -0.25) is 14.7 Å². The molecule has 1 saturated carbocycles. The number of hydrogen-bond donors (Lipinski definition) is 1. The van der Waals surface area contributed by atoms with Gasteiger partial charge >= 0.3 is 5.97 Å². The smallest absolute Gasteiger partial charge is 0.307 e. The molecule has 0 radical (unpaired) electrons. The molecule has 2 heterocycles. The fourth-order valence-electron chi connectivity index (χ4n) is 2.88. The van der Waals surface area contributed by atoms with Crippen LogP contribution in [-0.4, -0.2) is 34.0 Å². The quantitative estimate of drug-likeness (QED) is 0.886. The lowest BCUT2D eigenvalue weighted by atomic mass is 10.2. The first-order valence-corrected chi connectivity index (χ1v) is 6.08. The van der Waals surface area contributed by atoms with Gasteiger partial charge < -0.3 is 5.11 Å². The number of nitrogens with zero attached hydrogens (tertiary/aromatic N) is 2. The zero-order valence-electron chi connectivity index (χ0n) is 9.21. The van der Waals surface area contributed by atoms with Gasteiger partial charge in [0.05, 0.1) is 10.9 Å². The predicted octanol–water partition coefficient (Wildman–Crippen LogP) is 1.50. The standard InChI is InChI=1S/C12H13ClN2O2/c13-10-3-14-2-1-7(10)4-15-5-8-9(6-15)11(8)12(16)17/h1-3,8-9,11H,4-6H2,(H,16,17)/t8-,9+,11?. The van der Waals surface area contributed by atoms with E-state index in [4.69, 9.17) is 16.7 Å². The number of hydrogen-bond acceptors (Lipinski definition) is 3. The Morgan fingerprint density at radius 3 is 2.82 bits per heavy atom. The maximum Gasteiger partial charge on any atom is 0.307 e. The Hall–Kier alpha value is -1.13. The first kappa shape index (κ1) is 11.0. The Labute approximate surface area is 104 Å². The van der Waals surface area contributed by atoms with E-state index >= 15 is 0 Å². The number of aromatic nitrogens is 1. The molecule has 0 amide bonds. The second kappa shape index (κ2) is 3.96. The van der Waals surface area contributed by atoms with Crippen molar-refractivity contribution in [1.29, 1.82) is 0 Å². The summed E-state index contributed by atoms with van der Waals surface area (Å²) >= 11 is 6.05. The van der Waals surface area contributed by atoms with E-state index < -0.39 is 5.97 Å². The van der Waals surface area contributed by atoms with Crippen molar-refractivity contribution in [3.8, 4) is 0 Å². The molecule has 2 aliphatic rings. The van der Waals surface area contributed by atoms with E-state index in [1.54, 1.807) is 12.4 Å². The molecule has 3 rings (SSSR count). The molecular formula is C12H13ClN2O2. The molecule has 90 valence electrons. The zero-order chi connectivity index (χ0) is 12.0. The molecule has 4 nitrogen and oxygen atoms in total. The topological polar surface area (TPSA) is 53.4 Å². The highest BCUT2D eigenvalue weighted by atomic mass is 35.5. The molecule has 1 aliphatic carbocycles. The van der Waals surface area contributed by atoms with E-state index in [9.17, 15) is 4.79 Å². The molecule has 0 aromatic carbocycles. The van der Waals surface area contributed by atoms with E-state index in [1.807, 2.05) is 6.07 Å². The number of carboxylic acids is 1. The lowest BCUT2D eigenvalue weighted by Crippen LogP contribution is -2.26. The number of carboxylic acid groups (broad SMARTS) is 1. The number of pyridine rings is 1. The lowest BCUT2D eigenvalue weighted by Gasteiger charge is -2.19. The van der Waals surface area contributed by atoms with Gasteiger partial charge in [0.25, 0.3) is 0 Å². The van der Waals surface area contributed by atoms with Crippen molar-refractivity contribution in [3.05, 3.63) is 29.0 Å². The first-order valence-electron chi connectivity index (χ1n) is 5.70. The second-order valence-electron chi connectivity index (χ2n) is 4.85. The van der Waals surface area contributed by atoms with Gasteiger partial charge in [0.15, 0.2) is 0 Å². The fraction of sp³-hybridized carbons (Fsp3) is 0.500. The highest BCUT2D eigenvalue weighted by molar-refractivity contribution is 6.31. The molecule has 1 unspecified atom stereocenters. The summed E-state index contributed by atoms with van der Waals surface area (Å²) in [4.78, 5) is 17.1. The Bertz CT molecular complexity index is 454. The number of halogens is 1. The monoisotopic (exact) mass is 252 g/mol. The minimum absolute atomic E-state index is 0.0980. The zero-order valence-corrected chi connectivity index (χ0v) is 9.97. The molecule has 1 N–H and O–H groups in total. The van der Waals surface area contributed by atoms with E-state index in [0.29, 0.717) is 16.9 Å². The first-order chi connectivity index (χ1) is 8.16. The predicted molar refractivity (Wildman–Crippen MR) is 62.6 cm³/mol. The van der Waals surface area contributed by atoms with Gasteiger partial charge in [-0.1, -0.05) is 11.6 Å². The van der Waals surface area contributed by atoms with Gasteiger partial charge in [0.1, 0.15) is 0 Å². The number of aliphatic carboxylic acids is 1. The maximum absolute atomic E-state index is 10.8. The van der Waals surface area contributed by atoms with Crippen molar-refractivity contribution in [1.82, 2.24) is 9.88 Å². The van der Waals surface area contributed by atoms with Crippen molar-refractivity contribution in [3.63, 3.8) is 0 Å². The molecular weight excluding hydrogens is 240 g/mol. The summed E-state index contributed by atoms with van der Waals surface area (Å²) in [5, 5.41) is 9.61. The fourth-order valence-corrected chi connectivity index (χ4v) is 3.06. The molecule has 1 aromatic rings. The Kier molecular flexibility index (Phi) is 2.56. The Morgan fingerprint density at radius 2 is 2.24 bits per heavy atom. The summed E-state index contributed by atoms with van der Waals surface area (Å²) in [7, 11) is 0. The van der Waals surface area contributed by atoms with Crippen LogP contribution in [0.1, 0.15) is 5.56 Å². The molecule has 1 saturated heterocycles. The van der Waals surface area contributed by atoms with Crippen molar-refractivity contribution in [2.24, 2.45) is 17.8 Å². The third-order valence-electron chi connectivity index (χ3n) is 3.81. The molecule has 0 bridgehead atoms. The van der Waals surface area contributed by atoms with E-state index in [-0.39, 0.29) is 5.92 Å². The van der Waals surface area contributed by atoms with Crippen molar-refractivity contribution in [2.45, 2.75) is 6.54 Å². The largest absolute Gasteiger partial charge is 0.481 e. The third kappa shape index (κ3) is 1.91. The number of fused-ring (bicyclic) bond motifs is 1. The number of rotatable bonds is 3. The van der Waals surface area contributed by atoms with Gasteiger partial charge in [-0.15, -0.1) is 0 Å². The molecule has 1 aliphatic heterocycles. The van der Waals surface area contributed by atoms with Crippen LogP contribution in [0.25, 0.3) is 0 Å². The molecule has 0 spiro atoms. The van der Waals surface area contributed by atoms with Crippen LogP contribution < -0.4 is 0 Å². The lowest BCUT2D eigenvalue weighted by molar-refractivity contribution is -0.139. The van der Waals surface area contributed by atoms with Crippen LogP contribution in [0.15, 0.2) is 18.5 Å². The minimum atomic E-state index is -0.637. The molecule has 5 heteroatoms. The van der Waals surface area contributed by atoms with Gasteiger partial charge in [0.2, 0.25) is 0 Å². The Morgan fingerprint density at radius 1 is 1.53 bits per heavy atom. The summed E-state index contributed by atoms with van der Waals surface area (Å²) in [6.07, 6.45) is 3.38. The van der Waals surface area contributed by atoms with Crippen LogP contribution in [0.3, 0.4) is 0 Å². The van der Waals surface area contributed by atoms with Crippen LogP contribution in [0.5, 0.6) is 0 Å². The highest BCUT2D eigenvalue weighted by Crippen LogP contribution is 2.52. The summed E-state index contributed by atoms with van der Waals surface area (Å²) in [5.41, 5.74) is 1.06. The summed E-state index contributed by atoms with van der Waals surface area (Å²) in [6, 6.07) is 1.92. The van der Waals surface area contributed by atoms with E-state index in [2.05, 4.69) is 9.88 Å². The number of likely N-dealkylation sites (tertiary alicyclic amines) is 1. The summed E-state index contributed by atoms with van der Waals surface area (Å²) in [5.74, 6) is -0.0259. The van der Waals surface area contributed by atoms with Crippen LogP contribution in [0, 0.1) is 17.8 Å². The summed E-state index contributed by atoms with van der Waals surface area (Å²) in [6.45, 7) is 2.54. The maximum atomic E-state index is 10.8. The van der Waals surface area contributed by atoms with Crippen molar-refractivity contribution >= 4 is 17.6 Å². The average molecular weight is 253 g/mol. The molecule has 2 fully saturated rings. The Balaban J connectivity index is 1.61. The van der Waals surface area contributed by atoms with Gasteiger partial charge in [0, 0.05) is 32.0 Å². The van der Waals surface area contributed by atoms with Gasteiger partial charge in [-0.2, -0.15) is 0 Å². The minimum Gasteiger partial charge on any atom is -0.481 e. The van der Waals surface area contributed by atoms with Gasteiger partial charge in [-0.25, -0.2) is 0 Å². The van der Waals surface area contributed by atoms with Crippen LogP contribution in [0.2, 0.25) is 5.02 Å². The highest BCUT2D eigenvalue weighted by Gasteiger charge is 2.59. The van der Waals surface area contributed by atoms with E-state index in [1.165, 1.54) is 0 Å². The second-order valence-corrected chi connectivity index (χ2v) is 5.26. The average Bonchev–Trinajstić information content (AvgIpc) is 2.81. The van der Waals surface area contributed by atoms with E-state index in [0.717, 1.165) is 25.2 Å². The number of piperidine rings is 1. The van der Waals surface area contributed by atoms with Crippen LogP contribution >= 0.6 is 11.6 Å². The van der Waals surface area contributed by atoms with Crippen molar-refractivity contribution in [2.75, 3.05) is 13.1 Å². The normalized spacial score (nSPS) is 31.2. The molecule has 17 heavy (non-hydrogen) atoms. The van der Waals surface area contributed by atoms with Crippen molar-refractivity contribution < 1.29 is 9.90 Å². The number of carbonyl (C=O) groups is 1. The molecule has 3 atom stereocenters. The summed E-state index contributed by atoms with van der Waals surface area (Å²) < 4.78 is 0. The molecule has 1 aromatic heterocycles.